The van der Waals surface area contributed by atoms with Gasteiger partial charge in [0.1, 0.15) is 4.99 Å². The lowest BCUT2D eigenvalue weighted by atomic mass is 10.2. The van der Waals surface area contributed by atoms with Crippen LogP contribution in [0.25, 0.3) is 0 Å². The average Bonchev–Trinajstić information content (AvgIpc) is 2.31. The maximum Gasteiger partial charge on any atom is 0.110 e. The van der Waals surface area contributed by atoms with Gasteiger partial charge in [-0.25, -0.2) is 0 Å². The smallest absolute Gasteiger partial charge is 0.110 e. The van der Waals surface area contributed by atoms with E-state index < -0.39 is 0 Å². The van der Waals surface area contributed by atoms with Crippen molar-refractivity contribution < 1.29 is 0 Å². The van der Waals surface area contributed by atoms with Gasteiger partial charge in [-0.1, -0.05) is 54.2 Å². The molecular formula is C13H10ClNS. The lowest BCUT2D eigenvalue weighted by molar-refractivity contribution is 1.61. The number of benzene rings is 2. The van der Waals surface area contributed by atoms with E-state index in [1.807, 2.05) is 54.6 Å². The van der Waals surface area contributed by atoms with E-state index in [2.05, 4.69) is 5.32 Å². The first kappa shape index (κ1) is 11.1. The standard InChI is InChI=1S/C13H10ClNS/c14-11-8-6-10(7-9-11)13(16)15-12-4-2-1-3-5-12/h1-9H,(H,15,16). The number of hydrogen-bond donors (Lipinski definition) is 1. The van der Waals surface area contributed by atoms with Crippen molar-refractivity contribution in [3.8, 4) is 0 Å². The lowest BCUT2D eigenvalue weighted by Gasteiger charge is -2.07. The van der Waals surface area contributed by atoms with E-state index in [1.165, 1.54) is 0 Å². The monoisotopic (exact) mass is 247 g/mol. The molecule has 0 aliphatic carbocycles. The topological polar surface area (TPSA) is 12.0 Å². The Morgan fingerprint density at radius 1 is 0.938 bits per heavy atom. The van der Waals surface area contributed by atoms with Crippen molar-refractivity contribution in [2.24, 2.45) is 0 Å². The second-order valence-corrected chi connectivity index (χ2v) is 4.17. The first-order valence-corrected chi connectivity index (χ1v) is 5.66. The summed E-state index contributed by atoms with van der Waals surface area (Å²) in [4.78, 5) is 0.697. The Labute approximate surface area is 105 Å². The summed E-state index contributed by atoms with van der Waals surface area (Å²) in [7, 11) is 0. The molecule has 0 bridgehead atoms. The molecule has 0 fully saturated rings. The molecular weight excluding hydrogens is 238 g/mol. The predicted molar refractivity (Wildman–Crippen MR) is 73.2 cm³/mol. The van der Waals surface area contributed by atoms with Crippen LogP contribution in [0.15, 0.2) is 54.6 Å². The van der Waals surface area contributed by atoms with Gasteiger partial charge in [0.15, 0.2) is 0 Å². The zero-order chi connectivity index (χ0) is 11.4. The van der Waals surface area contributed by atoms with Crippen LogP contribution in [0.2, 0.25) is 5.02 Å². The second kappa shape index (κ2) is 5.10. The van der Waals surface area contributed by atoms with Crippen molar-refractivity contribution in [1.82, 2.24) is 0 Å². The summed E-state index contributed by atoms with van der Waals surface area (Å²) in [5.74, 6) is 0. The Hall–Kier alpha value is -1.38. The molecule has 0 saturated carbocycles. The summed E-state index contributed by atoms with van der Waals surface area (Å²) in [6.07, 6.45) is 0. The highest BCUT2D eigenvalue weighted by Crippen LogP contribution is 2.12. The van der Waals surface area contributed by atoms with Gasteiger partial charge in [0.2, 0.25) is 0 Å². The Kier molecular flexibility index (Phi) is 3.54. The van der Waals surface area contributed by atoms with Crippen LogP contribution in [-0.2, 0) is 0 Å². The average molecular weight is 248 g/mol. The molecule has 0 amide bonds. The third-order valence-corrected chi connectivity index (χ3v) is 2.73. The normalized spacial score (nSPS) is 9.81. The van der Waals surface area contributed by atoms with E-state index in [9.17, 15) is 0 Å². The quantitative estimate of drug-likeness (QED) is 0.801. The summed E-state index contributed by atoms with van der Waals surface area (Å²) in [6, 6.07) is 17.3. The zero-order valence-electron chi connectivity index (χ0n) is 8.48. The van der Waals surface area contributed by atoms with Gasteiger partial charge in [0, 0.05) is 16.3 Å². The van der Waals surface area contributed by atoms with E-state index in [0.717, 1.165) is 11.3 Å². The molecule has 0 aliphatic heterocycles. The zero-order valence-corrected chi connectivity index (χ0v) is 10.1. The molecule has 2 aromatic carbocycles. The Balaban J connectivity index is 2.12. The molecule has 0 unspecified atom stereocenters. The van der Waals surface area contributed by atoms with Crippen molar-refractivity contribution in [1.29, 1.82) is 0 Å². The lowest BCUT2D eigenvalue weighted by Crippen LogP contribution is -2.09. The van der Waals surface area contributed by atoms with Crippen LogP contribution >= 0.6 is 23.8 Å². The van der Waals surface area contributed by atoms with Crippen molar-refractivity contribution in [2.45, 2.75) is 0 Å². The van der Waals surface area contributed by atoms with Crippen LogP contribution in [0.4, 0.5) is 5.69 Å². The van der Waals surface area contributed by atoms with Crippen LogP contribution in [0.3, 0.4) is 0 Å². The molecule has 3 heteroatoms. The highest BCUT2D eigenvalue weighted by molar-refractivity contribution is 7.81. The fourth-order valence-electron chi connectivity index (χ4n) is 1.33. The number of anilines is 1. The minimum absolute atomic E-state index is 0.697. The second-order valence-electron chi connectivity index (χ2n) is 3.33. The van der Waals surface area contributed by atoms with Gasteiger partial charge in [0.25, 0.3) is 0 Å². The summed E-state index contributed by atoms with van der Waals surface area (Å²) in [5.41, 5.74) is 1.95. The summed E-state index contributed by atoms with van der Waals surface area (Å²) < 4.78 is 0. The molecule has 0 aromatic heterocycles. The highest BCUT2D eigenvalue weighted by Gasteiger charge is 2.00. The molecule has 0 heterocycles. The van der Waals surface area contributed by atoms with Crippen molar-refractivity contribution in [3.05, 3.63) is 65.2 Å². The van der Waals surface area contributed by atoms with Gasteiger partial charge in [-0.05, 0) is 24.3 Å². The largest absolute Gasteiger partial charge is 0.346 e. The molecule has 1 N–H and O–H groups in total. The van der Waals surface area contributed by atoms with E-state index in [0.29, 0.717) is 10.0 Å². The van der Waals surface area contributed by atoms with Crippen molar-refractivity contribution in [3.63, 3.8) is 0 Å². The van der Waals surface area contributed by atoms with Crippen molar-refractivity contribution >= 4 is 34.5 Å². The van der Waals surface area contributed by atoms with Crippen molar-refractivity contribution in [2.75, 3.05) is 5.32 Å². The van der Waals surface area contributed by atoms with E-state index in [-0.39, 0.29) is 0 Å². The van der Waals surface area contributed by atoms with Crippen LogP contribution in [0, 0.1) is 0 Å². The molecule has 2 aromatic rings. The summed E-state index contributed by atoms with van der Waals surface area (Å²) in [5, 5.41) is 3.88. The maximum absolute atomic E-state index is 5.81. The van der Waals surface area contributed by atoms with Crippen LogP contribution in [-0.4, -0.2) is 4.99 Å². The molecule has 2 rings (SSSR count). The van der Waals surface area contributed by atoms with Gasteiger partial charge < -0.3 is 5.32 Å². The predicted octanol–water partition coefficient (Wildman–Crippen LogP) is 4.13. The number of hydrogen-bond acceptors (Lipinski definition) is 1. The number of nitrogens with one attached hydrogen (secondary N) is 1. The number of halogens is 1. The fraction of sp³-hybridized carbons (Fsp3) is 0. The molecule has 16 heavy (non-hydrogen) atoms. The molecule has 0 radical (unpaired) electrons. The molecule has 0 atom stereocenters. The third kappa shape index (κ3) is 2.81. The Morgan fingerprint density at radius 3 is 2.19 bits per heavy atom. The number of rotatable bonds is 2. The third-order valence-electron chi connectivity index (χ3n) is 2.14. The summed E-state index contributed by atoms with van der Waals surface area (Å²) >= 11 is 11.1. The van der Waals surface area contributed by atoms with Crippen LogP contribution < -0.4 is 5.32 Å². The molecule has 80 valence electrons. The van der Waals surface area contributed by atoms with E-state index in [4.69, 9.17) is 23.8 Å². The number of thiocarbonyl (C=S) groups is 1. The minimum Gasteiger partial charge on any atom is -0.346 e. The van der Waals surface area contributed by atoms with E-state index >= 15 is 0 Å². The molecule has 1 nitrogen and oxygen atoms in total. The molecule has 0 aliphatic rings. The maximum atomic E-state index is 5.81. The SMILES string of the molecule is S=C(Nc1ccccc1)c1ccc(Cl)cc1. The summed E-state index contributed by atoms with van der Waals surface area (Å²) in [6.45, 7) is 0. The fourth-order valence-corrected chi connectivity index (χ4v) is 1.71. The van der Waals surface area contributed by atoms with Gasteiger partial charge in [-0.2, -0.15) is 0 Å². The first-order valence-electron chi connectivity index (χ1n) is 4.88. The van der Waals surface area contributed by atoms with Crippen LogP contribution in [0.5, 0.6) is 0 Å². The van der Waals surface area contributed by atoms with Gasteiger partial charge in [-0.3, -0.25) is 0 Å². The molecule has 0 spiro atoms. The number of para-hydroxylation sites is 1. The van der Waals surface area contributed by atoms with Gasteiger partial charge in [0.05, 0.1) is 0 Å². The Bertz CT molecular complexity index is 479. The van der Waals surface area contributed by atoms with E-state index in [1.54, 1.807) is 0 Å². The Morgan fingerprint density at radius 2 is 1.56 bits per heavy atom. The molecule has 0 saturated heterocycles. The minimum atomic E-state index is 0.697. The first-order chi connectivity index (χ1) is 7.75. The highest BCUT2D eigenvalue weighted by atomic mass is 35.5. The van der Waals surface area contributed by atoms with Gasteiger partial charge in [-0.15, -0.1) is 0 Å². The van der Waals surface area contributed by atoms with Crippen LogP contribution in [0.1, 0.15) is 5.56 Å². The van der Waals surface area contributed by atoms with Gasteiger partial charge >= 0.3 is 0 Å².